The van der Waals surface area contributed by atoms with Crippen molar-refractivity contribution in [3.63, 3.8) is 0 Å². The van der Waals surface area contributed by atoms with Gasteiger partial charge in [0.05, 0.1) is 18.7 Å². The van der Waals surface area contributed by atoms with Crippen LogP contribution in [0.15, 0.2) is 42.6 Å². The Morgan fingerprint density at radius 1 is 1.10 bits per heavy atom. The third-order valence-electron chi connectivity index (χ3n) is 5.48. The Labute approximate surface area is 173 Å². The Morgan fingerprint density at radius 3 is 2.63 bits per heavy atom. The number of nitrogens with zero attached hydrogens (tertiary/aromatic N) is 3. The zero-order valence-electron chi connectivity index (χ0n) is 16.7. The molecule has 7 heteroatoms. The maximum atomic E-state index is 14.4. The fourth-order valence-corrected chi connectivity index (χ4v) is 3.86. The summed E-state index contributed by atoms with van der Waals surface area (Å²) in [6.45, 7) is 1.87. The number of hydrogen-bond acceptors (Lipinski definition) is 4. The molecule has 0 amide bonds. The molecule has 154 valence electrons. The predicted molar refractivity (Wildman–Crippen MR) is 110 cm³/mol. The zero-order valence-corrected chi connectivity index (χ0v) is 16.7. The van der Waals surface area contributed by atoms with Crippen LogP contribution in [-0.2, 0) is 0 Å². The molecule has 0 spiro atoms. The normalized spacial score (nSPS) is 16.7. The largest absolute Gasteiger partial charge is 0.494 e. The first-order valence-electron chi connectivity index (χ1n) is 9.94. The summed E-state index contributed by atoms with van der Waals surface area (Å²) in [6, 6.07) is 11.2. The molecule has 0 aliphatic carbocycles. The van der Waals surface area contributed by atoms with Crippen molar-refractivity contribution in [2.24, 2.45) is 0 Å². The zero-order chi connectivity index (χ0) is 21.1. The molecule has 1 aliphatic heterocycles. The number of halogens is 2. The van der Waals surface area contributed by atoms with E-state index in [9.17, 15) is 8.78 Å². The van der Waals surface area contributed by atoms with Crippen LogP contribution in [-0.4, -0.2) is 30.0 Å². The number of rotatable bonds is 4. The highest BCUT2D eigenvalue weighted by Gasteiger charge is 2.21. The summed E-state index contributed by atoms with van der Waals surface area (Å²) in [6.07, 6.45) is 4.84. The summed E-state index contributed by atoms with van der Waals surface area (Å²) in [5.74, 6) is -0.924. The number of hydrogen-bond donors (Lipinski definition) is 1. The van der Waals surface area contributed by atoms with Gasteiger partial charge in [-0.15, -0.1) is 0 Å². The highest BCUT2D eigenvalue weighted by atomic mass is 19.1. The molecule has 1 aliphatic rings. The first kappa shape index (κ1) is 20.0. The van der Waals surface area contributed by atoms with Crippen LogP contribution in [0.1, 0.15) is 30.9 Å². The average molecular weight is 408 g/mol. The van der Waals surface area contributed by atoms with Gasteiger partial charge in [0.1, 0.15) is 17.6 Å². The van der Waals surface area contributed by atoms with E-state index in [4.69, 9.17) is 15.1 Å². The monoisotopic (exact) mass is 408 g/mol. The van der Waals surface area contributed by atoms with Gasteiger partial charge in [-0.3, -0.25) is 4.68 Å². The molecule has 5 nitrogen and oxygen atoms in total. The van der Waals surface area contributed by atoms with Crippen molar-refractivity contribution in [3.8, 4) is 34.2 Å². The molecule has 2 heterocycles. The number of methoxy groups -OCH3 is 1. The lowest BCUT2D eigenvalue weighted by Gasteiger charge is -2.14. The first-order valence-corrected chi connectivity index (χ1v) is 9.94. The van der Waals surface area contributed by atoms with Crippen LogP contribution in [0.2, 0.25) is 0 Å². The SMILES string of the molecule is COc1ccc(-c2nn(C3CCCNCC3)cc2-c2ccc(C#N)c(F)c2)cc1F. The van der Waals surface area contributed by atoms with Gasteiger partial charge in [0.15, 0.2) is 11.6 Å². The first-order chi connectivity index (χ1) is 14.6. The molecule has 30 heavy (non-hydrogen) atoms. The van der Waals surface area contributed by atoms with Crippen LogP contribution in [0.5, 0.6) is 5.75 Å². The van der Waals surface area contributed by atoms with Crippen molar-refractivity contribution in [3.05, 3.63) is 59.8 Å². The van der Waals surface area contributed by atoms with E-state index in [0.29, 0.717) is 22.4 Å². The number of nitriles is 1. The van der Waals surface area contributed by atoms with E-state index >= 15 is 0 Å². The quantitative estimate of drug-likeness (QED) is 0.680. The van der Waals surface area contributed by atoms with Gasteiger partial charge in [-0.25, -0.2) is 8.78 Å². The molecular weight excluding hydrogens is 386 g/mol. The molecule has 1 aromatic heterocycles. The minimum absolute atomic E-state index is 0.0157. The van der Waals surface area contributed by atoms with Crippen LogP contribution in [0.25, 0.3) is 22.4 Å². The molecule has 0 bridgehead atoms. The number of nitrogens with one attached hydrogen (secondary N) is 1. The topological polar surface area (TPSA) is 62.9 Å². The van der Waals surface area contributed by atoms with E-state index in [1.54, 1.807) is 18.2 Å². The van der Waals surface area contributed by atoms with Crippen LogP contribution < -0.4 is 10.1 Å². The molecule has 4 rings (SSSR count). The lowest BCUT2D eigenvalue weighted by molar-refractivity contribution is 0.386. The van der Waals surface area contributed by atoms with Crippen LogP contribution in [0, 0.1) is 23.0 Å². The van der Waals surface area contributed by atoms with Crippen LogP contribution >= 0.6 is 0 Å². The van der Waals surface area contributed by atoms with Gasteiger partial charge in [0.25, 0.3) is 0 Å². The lowest BCUT2D eigenvalue weighted by Crippen LogP contribution is -2.15. The molecule has 1 atom stereocenters. The van der Waals surface area contributed by atoms with Crippen molar-refractivity contribution in [2.45, 2.75) is 25.3 Å². The Hall–Kier alpha value is -3.24. The van der Waals surface area contributed by atoms with Crippen molar-refractivity contribution in [2.75, 3.05) is 20.2 Å². The summed E-state index contributed by atoms with van der Waals surface area (Å²) in [4.78, 5) is 0. The maximum Gasteiger partial charge on any atom is 0.165 e. The van der Waals surface area contributed by atoms with Crippen LogP contribution in [0.3, 0.4) is 0 Å². The summed E-state index contributed by atoms with van der Waals surface area (Å²) in [5, 5.41) is 17.2. The highest BCUT2D eigenvalue weighted by Crippen LogP contribution is 2.35. The van der Waals surface area contributed by atoms with Crippen molar-refractivity contribution in [1.82, 2.24) is 15.1 Å². The van der Waals surface area contributed by atoms with Gasteiger partial charge in [-0.1, -0.05) is 6.07 Å². The van der Waals surface area contributed by atoms with Gasteiger partial charge in [0, 0.05) is 17.3 Å². The minimum atomic E-state index is -0.590. The van der Waals surface area contributed by atoms with E-state index in [0.717, 1.165) is 32.4 Å². The summed E-state index contributed by atoms with van der Waals surface area (Å²) >= 11 is 0. The van der Waals surface area contributed by atoms with E-state index in [1.165, 1.54) is 25.3 Å². The van der Waals surface area contributed by atoms with E-state index in [-0.39, 0.29) is 17.4 Å². The Kier molecular flexibility index (Phi) is 5.77. The van der Waals surface area contributed by atoms with E-state index in [1.807, 2.05) is 16.9 Å². The van der Waals surface area contributed by atoms with Gasteiger partial charge >= 0.3 is 0 Å². The molecule has 1 N–H and O–H groups in total. The molecule has 1 saturated heterocycles. The predicted octanol–water partition coefficient (Wildman–Crippen LogP) is 4.69. The minimum Gasteiger partial charge on any atom is -0.494 e. The van der Waals surface area contributed by atoms with Crippen molar-refractivity contribution >= 4 is 0 Å². The fourth-order valence-electron chi connectivity index (χ4n) is 3.86. The summed E-state index contributed by atoms with van der Waals surface area (Å²) < 4.78 is 35.6. The Bertz CT molecular complexity index is 1100. The molecule has 0 saturated carbocycles. The fraction of sp³-hybridized carbons (Fsp3) is 0.304. The second-order valence-corrected chi connectivity index (χ2v) is 7.36. The molecule has 2 aromatic carbocycles. The molecular formula is C23H22F2N4O. The highest BCUT2D eigenvalue weighted by molar-refractivity contribution is 5.81. The third-order valence-corrected chi connectivity index (χ3v) is 5.48. The smallest absolute Gasteiger partial charge is 0.165 e. The Balaban J connectivity index is 1.83. The number of ether oxygens (including phenoxy) is 1. The van der Waals surface area contributed by atoms with Gasteiger partial charge in [-0.2, -0.15) is 10.4 Å². The van der Waals surface area contributed by atoms with E-state index < -0.39 is 11.6 Å². The maximum absolute atomic E-state index is 14.4. The summed E-state index contributed by atoms with van der Waals surface area (Å²) in [7, 11) is 1.41. The number of aromatic nitrogens is 2. The second kappa shape index (κ2) is 8.64. The van der Waals surface area contributed by atoms with Crippen LogP contribution in [0.4, 0.5) is 8.78 Å². The molecule has 1 fully saturated rings. The van der Waals surface area contributed by atoms with E-state index in [2.05, 4.69) is 5.32 Å². The van der Waals surface area contributed by atoms with Crippen molar-refractivity contribution in [1.29, 1.82) is 5.26 Å². The number of benzene rings is 2. The standard InChI is InChI=1S/C23H22F2N4O/c1-30-22-7-6-16(12-21(22)25)23-19(15-4-5-17(13-26)20(24)11-15)14-29(28-23)18-3-2-9-27-10-8-18/h4-7,11-12,14,18,27H,2-3,8-10H2,1H3. The molecule has 1 unspecified atom stereocenters. The average Bonchev–Trinajstić information content (AvgIpc) is 3.01. The molecule has 3 aromatic rings. The molecule has 0 radical (unpaired) electrons. The third kappa shape index (κ3) is 3.91. The van der Waals surface area contributed by atoms with Gasteiger partial charge in [0.2, 0.25) is 0 Å². The summed E-state index contributed by atoms with van der Waals surface area (Å²) in [5.41, 5.74) is 2.42. The lowest BCUT2D eigenvalue weighted by atomic mass is 10.0. The van der Waals surface area contributed by atoms with Gasteiger partial charge < -0.3 is 10.1 Å². The second-order valence-electron chi connectivity index (χ2n) is 7.36. The van der Waals surface area contributed by atoms with Gasteiger partial charge in [-0.05, 0) is 68.2 Å². The Morgan fingerprint density at radius 2 is 1.90 bits per heavy atom. The van der Waals surface area contributed by atoms with Crippen molar-refractivity contribution < 1.29 is 13.5 Å².